The van der Waals surface area contributed by atoms with Gasteiger partial charge < -0.3 is 10.1 Å². The summed E-state index contributed by atoms with van der Waals surface area (Å²) >= 11 is 0. The van der Waals surface area contributed by atoms with E-state index in [4.69, 9.17) is 0 Å². The minimum atomic E-state index is -4.12. The first-order chi connectivity index (χ1) is 10.9. The summed E-state index contributed by atoms with van der Waals surface area (Å²) in [5.74, 6) is -0.132. The van der Waals surface area contributed by atoms with Gasteiger partial charge in [-0.1, -0.05) is 12.1 Å². The van der Waals surface area contributed by atoms with Crippen LogP contribution in [0.3, 0.4) is 0 Å². The normalized spacial score (nSPS) is 19.0. The van der Waals surface area contributed by atoms with Crippen molar-refractivity contribution in [3.05, 3.63) is 35.4 Å². The Morgan fingerprint density at radius 1 is 1.35 bits per heavy atom. The van der Waals surface area contributed by atoms with Crippen LogP contribution in [0.1, 0.15) is 22.3 Å². The van der Waals surface area contributed by atoms with Crippen molar-refractivity contribution in [3.8, 4) is 0 Å². The smallest absolute Gasteiger partial charge is 0.401 e. The van der Waals surface area contributed by atoms with Crippen molar-refractivity contribution in [2.24, 2.45) is 5.92 Å². The number of methoxy groups -OCH3 is 1. The molecular weight excluding hydrogens is 309 g/mol. The average Bonchev–Trinajstić information content (AvgIpc) is 2.92. The molecule has 1 aromatic rings. The van der Waals surface area contributed by atoms with E-state index in [2.05, 4.69) is 10.1 Å². The second-order valence-corrected chi connectivity index (χ2v) is 5.82. The number of carbonyl (C=O) groups is 1. The standard InChI is InChI=1S/C16H21F3N2O2/c1-23-15(22)14-4-2-12(3-5-14)8-20-9-13-6-7-21(10-13)11-16(17,18)19/h2-5,13,20H,6-11H2,1H3. The van der Waals surface area contributed by atoms with Gasteiger partial charge in [-0.2, -0.15) is 13.2 Å². The number of likely N-dealkylation sites (tertiary alicyclic amines) is 1. The number of rotatable bonds is 6. The van der Waals surface area contributed by atoms with Gasteiger partial charge in [0, 0.05) is 13.1 Å². The molecule has 1 atom stereocenters. The second kappa shape index (κ2) is 7.79. The lowest BCUT2D eigenvalue weighted by atomic mass is 10.1. The van der Waals surface area contributed by atoms with Gasteiger partial charge >= 0.3 is 12.1 Å². The van der Waals surface area contributed by atoms with Crippen molar-refractivity contribution in [2.75, 3.05) is 33.3 Å². The summed E-state index contributed by atoms with van der Waals surface area (Å²) in [5.41, 5.74) is 1.51. The highest BCUT2D eigenvalue weighted by Gasteiger charge is 2.34. The summed E-state index contributed by atoms with van der Waals surface area (Å²) in [6.07, 6.45) is -3.34. The Morgan fingerprint density at radius 2 is 2.04 bits per heavy atom. The van der Waals surface area contributed by atoms with Gasteiger partial charge in [0.15, 0.2) is 0 Å². The third-order valence-corrected chi connectivity index (χ3v) is 3.91. The first-order valence-corrected chi connectivity index (χ1v) is 7.54. The van der Waals surface area contributed by atoms with E-state index in [1.807, 2.05) is 12.1 Å². The fraction of sp³-hybridized carbons (Fsp3) is 0.562. The van der Waals surface area contributed by atoms with E-state index in [0.29, 0.717) is 31.7 Å². The van der Waals surface area contributed by atoms with Crippen LogP contribution in [0.4, 0.5) is 13.2 Å². The molecule has 2 rings (SSSR count). The Hall–Kier alpha value is -1.60. The summed E-state index contributed by atoms with van der Waals surface area (Å²) in [6, 6.07) is 7.07. The summed E-state index contributed by atoms with van der Waals surface area (Å²) in [7, 11) is 1.33. The maximum atomic E-state index is 12.3. The highest BCUT2D eigenvalue weighted by atomic mass is 19.4. The van der Waals surface area contributed by atoms with Crippen LogP contribution >= 0.6 is 0 Å². The Kier molecular flexibility index (Phi) is 6.01. The summed E-state index contributed by atoms with van der Waals surface area (Å²) in [6.45, 7) is 1.47. The van der Waals surface area contributed by atoms with Crippen LogP contribution in [0.2, 0.25) is 0 Å². The maximum absolute atomic E-state index is 12.3. The summed E-state index contributed by atoms with van der Waals surface area (Å²) in [4.78, 5) is 12.8. The van der Waals surface area contributed by atoms with E-state index < -0.39 is 12.7 Å². The van der Waals surface area contributed by atoms with Crippen LogP contribution in [-0.4, -0.2) is 50.3 Å². The van der Waals surface area contributed by atoms with Gasteiger partial charge in [0.2, 0.25) is 0 Å². The van der Waals surface area contributed by atoms with E-state index in [9.17, 15) is 18.0 Å². The average molecular weight is 330 g/mol. The number of nitrogens with one attached hydrogen (secondary N) is 1. The zero-order valence-corrected chi connectivity index (χ0v) is 13.0. The fourth-order valence-corrected chi connectivity index (χ4v) is 2.77. The third kappa shape index (κ3) is 5.84. The van der Waals surface area contributed by atoms with E-state index in [0.717, 1.165) is 12.0 Å². The molecule has 1 fully saturated rings. The maximum Gasteiger partial charge on any atom is 0.401 e. The lowest BCUT2D eigenvalue weighted by Gasteiger charge is -2.18. The van der Waals surface area contributed by atoms with Crippen molar-refractivity contribution in [1.82, 2.24) is 10.2 Å². The van der Waals surface area contributed by atoms with Crippen LogP contribution in [0, 0.1) is 5.92 Å². The van der Waals surface area contributed by atoms with Gasteiger partial charge in [0.1, 0.15) is 0 Å². The van der Waals surface area contributed by atoms with Crippen molar-refractivity contribution in [3.63, 3.8) is 0 Å². The molecule has 0 spiro atoms. The van der Waals surface area contributed by atoms with Gasteiger partial charge in [-0.15, -0.1) is 0 Å². The van der Waals surface area contributed by atoms with Gasteiger partial charge in [0.05, 0.1) is 19.2 Å². The van der Waals surface area contributed by atoms with Crippen molar-refractivity contribution in [2.45, 2.75) is 19.1 Å². The molecule has 1 heterocycles. The Labute approximate surface area is 133 Å². The van der Waals surface area contributed by atoms with Crippen molar-refractivity contribution < 1.29 is 22.7 Å². The van der Waals surface area contributed by atoms with Gasteiger partial charge in [-0.05, 0) is 43.1 Å². The van der Waals surface area contributed by atoms with Crippen LogP contribution < -0.4 is 5.32 Å². The van der Waals surface area contributed by atoms with Crippen LogP contribution in [-0.2, 0) is 11.3 Å². The van der Waals surface area contributed by atoms with E-state index in [-0.39, 0.29) is 11.9 Å². The number of nitrogens with zero attached hydrogens (tertiary/aromatic N) is 1. The molecule has 1 unspecified atom stereocenters. The lowest BCUT2D eigenvalue weighted by molar-refractivity contribution is -0.143. The monoisotopic (exact) mass is 330 g/mol. The zero-order valence-electron chi connectivity index (χ0n) is 13.0. The molecule has 0 aliphatic carbocycles. The van der Waals surface area contributed by atoms with Crippen molar-refractivity contribution in [1.29, 1.82) is 0 Å². The Balaban J connectivity index is 1.70. The molecule has 0 amide bonds. The molecule has 1 aromatic carbocycles. The lowest BCUT2D eigenvalue weighted by Crippen LogP contribution is -2.33. The molecule has 7 heteroatoms. The minimum Gasteiger partial charge on any atom is -0.465 e. The molecular formula is C16H21F3N2O2. The Bertz CT molecular complexity index is 517. The van der Waals surface area contributed by atoms with Crippen molar-refractivity contribution >= 4 is 5.97 Å². The molecule has 128 valence electrons. The van der Waals surface area contributed by atoms with E-state index in [1.54, 1.807) is 12.1 Å². The molecule has 1 N–H and O–H groups in total. The molecule has 23 heavy (non-hydrogen) atoms. The summed E-state index contributed by atoms with van der Waals surface area (Å²) < 4.78 is 41.6. The minimum absolute atomic E-state index is 0.242. The van der Waals surface area contributed by atoms with Gasteiger partial charge in [0.25, 0.3) is 0 Å². The van der Waals surface area contributed by atoms with Crippen LogP contribution in [0.15, 0.2) is 24.3 Å². The molecule has 0 aromatic heterocycles. The number of benzene rings is 1. The van der Waals surface area contributed by atoms with Gasteiger partial charge in [-0.25, -0.2) is 4.79 Å². The second-order valence-electron chi connectivity index (χ2n) is 5.82. The summed E-state index contributed by atoms with van der Waals surface area (Å²) in [5, 5.41) is 3.27. The molecule has 1 saturated heterocycles. The number of carbonyl (C=O) groups excluding carboxylic acids is 1. The topological polar surface area (TPSA) is 41.6 Å². The number of hydrogen-bond donors (Lipinski definition) is 1. The highest BCUT2D eigenvalue weighted by Crippen LogP contribution is 2.22. The highest BCUT2D eigenvalue weighted by molar-refractivity contribution is 5.89. The third-order valence-electron chi connectivity index (χ3n) is 3.91. The predicted octanol–water partition coefficient (Wildman–Crippen LogP) is 2.45. The predicted molar refractivity (Wildman–Crippen MR) is 80.1 cm³/mol. The number of esters is 1. The SMILES string of the molecule is COC(=O)c1ccc(CNCC2CCN(CC(F)(F)F)C2)cc1. The van der Waals surface area contributed by atoms with E-state index in [1.165, 1.54) is 12.0 Å². The first kappa shape index (κ1) is 17.7. The first-order valence-electron chi connectivity index (χ1n) is 7.54. The fourth-order valence-electron chi connectivity index (χ4n) is 2.77. The molecule has 1 aliphatic rings. The van der Waals surface area contributed by atoms with Crippen LogP contribution in [0.5, 0.6) is 0 Å². The molecule has 0 bridgehead atoms. The molecule has 4 nitrogen and oxygen atoms in total. The quantitative estimate of drug-likeness (QED) is 0.814. The molecule has 1 aliphatic heterocycles. The molecule has 0 saturated carbocycles. The van der Waals surface area contributed by atoms with E-state index >= 15 is 0 Å². The number of ether oxygens (including phenoxy) is 1. The number of alkyl halides is 3. The largest absolute Gasteiger partial charge is 0.465 e. The van der Waals surface area contributed by atoms with Crippen LogP contribution in [0.25, 0.3) is 0 Å². The number of hydrogen-bond acceptors (Lipinski definition) is 4. The zero-order chi connectivity index (χ0) is 16.9. The number of halogens is 3. The Morgan fingerprint density at radius 3 is 2.65 bits per heavy atom. The van der Waals surface area contributed by atoms with Gasteiger partial charge in [-0.3, -0.25) is 4.90 Å². The molecule has 0 radical (unpaired) electrons.